The van der Waals surface area contributed by atoms with Crippen LogP contribution in [-0.4, -0.2) is 29.2 Å². The molecule has 33 heavy (non-hydrogen) atoms. The number of phenols is 1. The maximum Gasteiger partial charge on any atom is 0.337 e. The highest BCUT2D eigenvalue weighted by Crippen LogP contribution is 2.42. The van der Waals surface area contributed by atoms with E-state index < -0.39 is 32.4 Å². The van der Waals surface area contributed by atoms with Gasteiger partial charge >= 0.3 is 5.97 Å². The topological polar surface area (TPSA) is 149 Å². The lowest BCUT2D eigenvalue weighted by atomic mass is 10.1. The summed E-state index contributed by atoms with van der Waals surface area (Å²) in [5.41, 5.74) is 0.690. The van der Waals surface area contributed by atoms with E-state index in [1.165, 1.54) is 24.3 Å². The van der Waals surface area contributed by atoms with Gasteiger partial charge in [-0.25, -0.2) is 4.79 Å². The molecule has 9 nitrogen and oxygen atoms in total. The monoisotopic (exact) mass is 463 g/mol. The van der Waals surface area contributed by atoms with Crippen molar-refractivity contribution in [2.24, 2.45) is 10.2 Å². The lowest BCUT2D eigenvalue weighted by molar-refractivity contribution is 0.0697. The van der Waals surface area contributed by atoms with Crippen LogP contribution in [0.3, 0.4) is 0 Å². The van der Waals surface area contributed by atoms with E-state index in [-0.39, 0.29) is 16.6 Å². The number of fused-ring (bicyclic) bond motifs is 1. The molecule has 166 valence electrons. The molecule has 0 amide bonds. The van der Waals surface area contributed by atoms with E-state index in [0.717, 1.165) is 11.8 Å². The highest BCUT2D eigenvalue weighted by atomic mass is 32.2. The molecule has 0 saturated heterocycles. The Balaban J connectivity index is 1.86. The zero-order valence-corrected chi connectivity index (χ0v) is 17.7. The minimum atomic E-state index is -4.78. The highest BCUT2D eigenvalue weighted by Gasteiger charge is 2.22. The summed E-state index contributed by atoms with van der Waals surface area (Å²) in [5.74, 6) is -1.78. The van der Waals surface area contributed by atoms with Gasteiger partial charge in [0.1, 0.15) is 16.3 Å². The van der Waals surface area contributed by atoms with Gasteiger partial charge in [0.2, 0.25) is 0 Å². The van der Waals surface area contributed by atoms with E-state index in [2.05, 4.69) is 15.5 Å². The molecule has 0 atom stereocenters. The fourth-order valence-electron chi connectivity index (χ4n) is 3.25. The van der Waals surface area contributed by atoms with Gasteiger partial charge in [0.25, 0.3) is 10.1 Å². The molecule has 0 spiro atoms. The molecular formula is C23H17N3O6S. The number of hydrogen-bond acceptors (Lipinski definition) is 7. The summed E-state index contributed by atoms with van der Waals surface area (Å²) in [5, 5.41) is 31.5. The van der Waals surface area contributed by atoms with Crippen LogP contribution in [0.2, 0.25) is 0 Å². The third-order valence-electron chi connectivity index (χ3n) is 4.79. The first-order valence-electron chi connectivity index (χ1n) is 9.57. The summed E-state index contributed by atoms with van der Waals surface area (Å²) >= 11 is 0. The molecule has 0 heterocycles. The second-order valence-electron chi connectivity index (χ2n) is 7.00. The van der Waals surface area contributed by atoms with Crippen molar-refractivity contribution in [1.29, 1.82) is 0 Å². The summed E-state index contributed by atoms with van der Waals surface area (Å²) in [4.78, 5) is 10.7. The van der Waals surface area contributed by atoms with Crippen LogP contribution in [0.1, 0.15) is 10.4 Å². The van der Waals surface area contributed by atoms with Gasteiger partial charge in [-0.1, -0.05) is 36.4 Å². The van der Waals surface area contributed by atoms with Crippen molar-refractivity contribution in [3.05, 3.63) is 84.4 Å². The Morgan fingerprint density at radius 3 is 2.24 bits per heavy atom. The van der Waals surface area contributed by atoms with Crippen LogP contribution in [0.5, 0.6) is 5.75 Å². The lowest BCUT2D eigenvalue weighted by Gasteiger charge is -2.11. The first-order chi connectivity index (χ1) is 15.7. The van der Waals surface area contributed by atoms with Crippen LogP contribution in [0.25, 0.3) is 10.8 Å². The van der Waals surface area contributed by atoms with Crippen molar-refractivity contribution in [2.45, 2.75) is 4.90 Å². The van der Waals surface area contributed by atoms with Crippen molar-refractivity contribution in [1.82, 2.24) is 0 Å². The fraction of sp³-hybridized carbons (Fsp3) is 0. The van der Waals surface area contributed by atoms with E-state index in [1.807, 2.05) is 30.3 Å². The first-order valence-corrected chi connectivity index (χ1v) is 11.0. The van der Waals surface area contributed by atoms with Crippen molar-refractivity contribution in [3.63, 3.8) is 0 Å². The summed E-state index contributed by atoms with van der Waals surface area (Å²) in [6.07, 6.45) is 0. The largest absolute Gasteiger partial charge is 0.505 e. The number of hydrogen-bond donors (Lipinski definition) is 4. The number of nitrogens with zero attached hydrogens (tertiary/aromatic N) is 2. The zero-order valence-electron chi connectivity index (χ0n) is 16.9. The highest BCUT2D eigenvalue weighted by molar-refractivity contribution is 7.86. The number of aromatic carboxylic acids is 1. The Bertz CT molecular complexity index is 1500. The number of phenolic OH excluding ortho intramolecular Hbond substituents is 1. The molecule has 0 aromatic heterocycles. The molecule has 4 aromatic rings. The number of azo groups is 1. The average Bonchev–Trinajstić information content (AvgIpc) is 2.79. The number of nitrogens with one attached hydrogen (secondary N) is 1. The maximum atomic E-state index is 12.0. The molecule has 4 aromatic carbocycles. The number of carboxylic acid groups (broad SMARTS) is 1. The summed E-state index contributed by atoms with van der Waals surface area (Å²) in [6, 6.07) is 21.0. The second-order valence-corrected chi connectivity index (χ2v) is 8.39. The van der Waals surface area contributed by atoms with Gasteiger partial charge in [0, 0.05) is 16.8 Å². The Labute approximate surface area is 188 Å². The minimum Gasteiger partial charge on any atom is -0.505 e. The Kier molecular flexibility index (Phi) is 5.78. The van der Waals surface area contributed by atoms with Crippen molar-refractivity contribution < 1.29 is 28.0 Å². The van der Waals surface area contributed by atoms with Gasteiger partial charge in [-0.2, -0.15) is 8.42 Å². The molecule has 0 aliphatic carbocycles. The van der Waals surface area contributed by atoms with Crippen LogP contribution in [0.4, 0.5) is 22.7 Å². The van der Waals surface area contributed by atoms with Crippen LogP contribution in [0, 0.1) is 0 Å². The molecule has 0 radical (unpaired) electrons. The normalized spacial score (nSPS) is 11.7. The zero-order chi connectivity index (χ0) is 23.6. The van der Waals surface area contributed by atoms with Crippen molar-refractivity contribution in [2.75, 3.05) is 5.32 Å². The molecule has 10 heteroatoms. The van der Waals surface area contributed by atoms with Gasteiger partial charge in [0.05, 0.1) is 5.56 Å². The summed E-state index contributed by atoms with van der Waals surface area (Å²) in [6.45, 7) is 0. The molecule has 0 bridgehead atoms. The van der Waals surface area contributed by atoms with E-state index >= 15 is 0 Å². The number of para-hydroxylation sites is 1. The molecule has 0 aliphatic rings. The molecule has 4 N–H and O–H groups in total. The average molecular weight is 463 g/mol. The molecule has 0 unspecified atom stereocenters. The van der Waals surface area contributed by atoms with Crippen molar-refractivity contribution >= 4 is 49.6 Å². The van der Waals surface area contributed by atoms with Crippen LogP contribution >= 0.6 is 0 Å². The summed E-state index contributed by atoms with van der Waals surface area (Å²) < 4.78 is 33.7. The Hall–Kier alpha value is -4.28. The smallest absolute Gasteiger partial charge is 0.337 e. The molecular weight excluding hydrogens is 446 g/mol. The number of benzene rings is 4. The Morgan fingerprint density at radius 1 is 0.848 bits per heavy atom. The molecule has 0 aliphatic heterocycles. The van der Waals surface area contributed by atoms with E-state index in [9.17, 15) is 28.0 Å². The van der Waals surface area contributed by atoms with Crippen LogP contribution in [0.15, 0.2) is 94.0 Å². The van der Waals surface area contributed by atoms with Crippen LogP contribution < -0.4 is 5.32 Å². The maximum absolute atomic E-state index is 12.0. The van der Waals surface area contributed by atoms with E-state index in [1.54, 1.807) is 18.2 Å². The molecule has 0 fully saturated rings. The summed E-state index contributed by atoms with van der Waals surface area (Å²) in [7, 11) is -4.78. The van der Waals surface area contributed by atoms with Crippen molar-refractivity contribution in [3.8, 4) is 5.75 Å². The predicted octanol–water partition coefficient (Wildman–Crippen LogP) is 5.65. The predicted molar refractivity (Wildman–Crippen MR) is 123 cm³/mol. The molecule has 0 saturated carbocycles. The Morgan fingerprint density at radius 2 is 1.55 bits per heavy atom. The third kappa shape index (κ3) is 4.66. The third-order valence-corrected chi connectivity index (χ3v) is 5.65. The quantitative estimate of drug-likeness (QED) is 0.213. The fourth-order valence-corrected chi connectivity index (χ4v) is 3.90. The minimum absolute atomic E-state index is 0.0507. The number of anilines is 2. The second kappa shape index (κ2) is 8.69. The van der Waals surface area contributed by atoms with E-state index in [4.69, 9.17) is 0 Å². The van der Waals surface area contributed by atoms with E-state index in [0.29, 0.717) is 11.1 Å². The SMILES string of the molecule is O=C(O)c1ccccc1N=Nc1c(S(=O)(=O)O)cc2ccc(Nc3ccccc3)cc2c1O. The number of carboxylic acids is 1. The first kappa shape index (κ1) is 21.9. The van der Waals surface area contributed by atoms with Gasteiger partial charge in [-0.15, -0.1) is 10.2 Å². The number of rotatable bonds is 6. The van der Waals surface area contributed by atoms with Crippen LogP contribution in [-0.2, 0) is 10.1 Å². The van der Waals surface area contributed by atoms with Gasteiger partial charge in [-0.3, -0.25) is 4.55 Å². The molecule has 4 rings (SSSR count). The standard InChI is InChI=1S/C23H17N3O6S/c27-22-18-13-16(24-15-6-2-1-3-7-15)11-10-14(18)12-20(33(30,31)32)21(22)26-25-19-9-5-4-8-17(19)23(28)29/h1-13,24,27H,(H,28,29)(H,30,31,32). The number of aromatic hydroxyl groups is 1. The van der Waals surface area contributed by atoms with Gasteiger partial charge in [0.15, 0.2) is 5.75 Å². The lowest BCUT2D eigenvalue weighted by Crippen LogP contribution is -1.99. The van der Waals surface area contributed by atoms with Gasteiger partial charge in [-0.05, 0) is 47.9 Å². The van der Waals surface area contributed by atoms with Gasteiger partial charge < -0.3 is 15.5 Å². The number of carbonyl (C=O) groups is 1.